The van der Waals surface area contributed by atoms with E-state index < -0.39 is 0 Å². The molecule has 0 bridgehead atoms. The molecule has 3 aromatic rings. The molecular formula is C23H28N4O3. The van der Waals surface area contributed by atoms with Crippen LogP contribution in [0, 0.1) is 6.92 Å². The molecule has 1 aliphatic rings. The Morgan fingerprint density at radius 1 is 1.17 bits per heavy atom. The van der Waals surface area contributed by atoms with Crippen LogP contribution in [-0.2, 0) is 11.2 Å². The van der Waals surface area contributed by atoms with E-state index in [4.69, 9.17) is 15.6 Å². The molecule has 3 N–H and O–H groups in total. The van der Waals surface area contributed by atoms with Crippen LogP contribution in [0.2, 0.25) is 0 Å². The highest BCUT2D eigenvalue weighted by molar-refractivity contribution is 5.79. The van der Waals surface area contributed by atoms with E-state index in [9.17, 15) is 4.79 Å². The van der Waals surface area contributed by atoms with Gasteiger partial charge in [0.05, 0.1) is 25.0 Å². The van der Waals surface area contributed by atoms with Crippen molar-refractivity contribution in [1.82, 2.24) is 14.5 Å². The summed E-state index contributed by atoms with van der Waals surface area (Å²) < 4.78 is 7.53. The first kappa shape index (κ1) is 20.5. The fourth-order valence-electron chi connectivity index (χ4n) is 4.40. The zero-order valence-corrected chi connectivity index (χ0v) is 17.3. The Morgan fingerprint density at radius 2 is 1.90 bits per heavy atom. The van der Waals surface area contributed by atoms with Gasteiger partial charge in [0, 0.05) is 23.4 Å². The highest BCUT2D eigenvalue weighted by Gasteiger charge is 2.26. The number of rotatable bonds is 6. The Morgan fingerprint density at radius 3 is 2.60 bits per heavy atom. The number of anilines is 1. The van der Waals surface area contributed by atoms with Gasteiger partial charge in [0.25, 0.3) is 5.56 Å². The second kappa shape index (κ2) is 8.93. The molecule has 0 saturated heterocycles. The summed E-state index contributed by atoms with van der Waals surface area (Å²) in [5, 5.41) is 9.86. The van der Waals surface area contributed by atoms with Crippen LogP contribution in [0.1, 0.15) is 48.5 Å². The zero-order valence-electron chi connectivity index (χ0n) is 17.3. The number of aliphatic hydroxyl groups excluding tert-OH is 1. The summed E-state index contributed by atoms with van der Waals surface area (Å²) in [7, 11) is 0. The topological polar surface area (TPSA) is 103 Å². The van der Waals surface area contributed by atoms with Gasteiger partial charge in [-0.15, -0.1) is 0 Å². The van der Waals surface area contributed by atoms with Gasteiger partial charge in [-0.2, -0.15) is 4.98 Å². The molecule has 0 radical (unpaired) electrons. The van der Waals surface area contributed by atoms with Crippen molar-refractivity contribution in [1.29, 1.82) is 0 Å². The van der Waals surface area contributed by atoms with Crippen LogP contribution in [-0.4, -0.2) is 39.0 Å². The number of aromatic nitrogens is 3. The molecule has 2 aromatic heterocycles. The molecule has 0 amide bonds. The lowest BCUT2D eigenvalue weighted by Crippen LogP contribution is -2.33. The van der Waals surface area contributed by atoms with Gasteiger partial charge in [-0.3, -0.25) is 9.36 Å². The molecule has 1 aromatic carbocycles. The van der Waals surface area contributed by atoms with Crippen LogP contribution in [0.4, 0.5) is 5.95 Å². The van der Waals surface area contributed by atoms with Gasteiger partial charge in [0.1, 0.15) is 5.65 Å². The Bertz CT molecular complexity index is 1070. The average Bonchev–Trinajstić information content (AvgIpc) is 2.75. The number of nitrogen functional groups attached to an aromatic ring is 1. The van der Waals surface area contributed by atoms with Gasteiger partial charge in [0.15, 0.2) is 0 Å². The number of fused-ring (bicyclic) bond motifs is 1. The van der Waals surface area contributed by atoms with Crippen molar-refractivity contribution in [3.63, 3.8) is 0 Å². The third-order valence-corrected chi connectivity index (χ3v) is 5.86. The smallest absolute Gasteiger partial charge is 0.256 e. The number of benzene rings is 1. The van der Waals surface area contributed by atoms with Crippen molar-refractivity contribution in [2.24, 2.45) is 0 Å². The SMILES string of the molecule is Cc1nc(N)nc2c1cc(Cc1ccccc1)c(=O)n2C1CCC(OCCO)CC1. The fourth-order valence-corrected chi connectivity index (χ4v) is 4.40. The normalized spacial score (nSPS) is 19.3. The van der Waals surface area contributed by atoms with Crippen LogP contribution in [0.3, 0.4) is 0 Å². The summed E-state index contributed by atoms with van der Waals surface area (Å²) in [6, 6.07) is 12.0. The van der Waals surface area contributed by atoms with Crippen molar-refractivity contribution in [3.05, 3.63) is 63.6 Å². The van der Waals surface area contributed by atoms with Crippen LogP contribution in [0.5, 0.6) is 0 Å². The standard InChI is InChI=1S/C23H28N4O3/c1-15-20-14-17(13-16-5-3-2-4-6-16)22(29)27(21(20)26-23(24)25-15)18-7-9-19(10-8-18)30-12-11-28/h2-6,14,18-19,28H,7-13H2,1H3,(H2,24,25,26). The number of aryl methyl sites for hydroxylation is 1. The Hall–Kier alpha value is -2.77. The first-order valence-electron chi connectivity index (χ1n) is 10.5. The quantitative estimate of drug-likeness (QED) is 0.650. The van der Waals surface area contributed by atoms with E-state index in [1.165, 1.54) is 0 Å². The van der Waals surface area contributed by atoms with Crippen LogP contribution >= 0.6 is 0 Å². The van der Waals surface area contributed by atoms with Crippen molar-refractivity contribution < 1.29 is 9.84 Å². The molecule has 7 heteroatoms. The minimum absolute atomic E-state index is 0.0106. The van der Waals surface area contributed by atoms with E-state index in [2.05, 4.69) is 9.97 Å². The molecule has 0 atom stereocenters. The zero-order chi connectivity index (χ0) is 21.1. The maximum Gasteiger partial charge on any atom is 0.256 e. The number of hydrogen-bond donors (Lipinski definition) is 2. The Kier molecular flexibility index (Phi) is 6.11. The van der Waals surface area contributed by atoms with Crippen molar-refractivity contribution in [3.8, 4) is 0 Å². The van der Waals surface area contributed by atoms with Crippen molar-refractivity contribution >= 4 is 17.0 Å². The average molecular weight is 409 g/mol. The second-order valence-electron chi connectivity index (χ2n) is 7.94. The fraction of sp³-hybridized carbons (Fsp3) is 0.435. The molecule has 0 unspecified atom stereocenters. The summed E-state index contributed by atoms with van der Waals surface area (Å²) in [4.78, 5) is 22.3. The Labute approximate surface area is 175 Å². The summed E-state index contributed by atoms with van der Waals surface area (Å²) in [5.41, 5.74) is 9.14. The first-order chi connectivity index (χ1) is 14.6. The highest BCUT2D eigenvalue weighted by Crippen LogP contribution is 2.32. The number of ether oxygens (including phenoxy) is 1. The number of nitrogens with zero attached hydrogens (tertiary/aromatic N) is 3. The van der Waals surface area contributed by atoms with E-state index in [0.29, 0.717) is 18.7 Å². The van der Waals surface area contributed by atoms with Crippen LogP contribution in [0.25, 0.3) is 11.0 Å². The first-order valence-corrected chi connectivity index (χ1v) is 10.5. The van der Waals surface area contributed by atoms with E-state index in [1.807, 2.05) is 47.9 Å². The molecule has 1 saturated carbocycles. The van der Waals surface area contributed by atoms with Crippen molar-refractivity contribution in [2.75, 3.05) is 18.9 Å². The van der Waals surface area contributed by atoms with Gasteiger partial charge >= 0.3 is 0 Å². The summed E-state index contributed by atoms with van der Waals surface area (Å²) in [6.07, 6.45) is 4.03. The Balaban J connectivity index is 1.75. The maximum atomic E-state index is 13.6. The summed E-state index contributed by atoms with van der Waals surface area (Å²) in [5.74, 6) is 0.184. The number of nitrogens with two attached hydrogens (primary N) is 1. The van der Waals surface area contributed by atoms with Crippen molar-refractivity contribution in [2.45, 2.75) is 51.2 Å². The molecule has 158 valence electrons. The van der Waals surface area contributed by atoms with Gasteiger partial charge in [-0.05, 0) is 44.2 Å². The number of hydrogen-bond acceptors (Lipinski definition) is 6. The molecule has 0 aliphatic heterocycles. The van der Waals surface area contributed by atoms with Gasteiger partial charge in [-0.1, -0.05) is 30.3 Å². The summed E-state index contributed by atoms with van der Waals surface area (Å²) in [6.45, 7) is 2.29. The van der Waals surface area contributed by atoms with E-state index in [0.717, 1.165) is 47.9 Å². The monoisotopic (exact) mass is 408 g/mol. The second-order valence-corrected chi connectivity index (χ2v) is 7.94. The molecule has 4 rings (SSSR count). The molecule has 1 aliphatic carbocycles. The van der Waals surface area contributed by atoms with Gasteiger partial charge in [0.2, 0.25) is 5.95 Å². The lowest BCUT2D eigenvalue weighted by molar-refractivity contribution is 0.00166. The molecule has 2 heterocycles. The molecule has 1 fully saturated rings. The summed E-state index contributed by atoms with van der Waals surface area (Å²) >= 11 is 0. The highest BCUT2D eigenvalue weighted by atomic mass is 16.5. The number of pyridine rings is 1. The maximum absolute atomic E-state index is 13.6. The minimum Gasteiger partial charge on any atom is -0.394 e. The van der Waals surface area contributed by atoms with Gasteiger partial charge in [-0.25, -0.2) is 4.98 Å². The van der Waals surface area contributed by atoms with E-state index in [-0.39, 0.29) is 30.3 Å². The van der Waals surface area contributed by atoms with Gasteiger partial charge < -0.3 is 15.6 Å². The third-order valence-electron chi connectivity index (χ3n) is 5.86. The molecule has 7 nitrogen and oxygen atoms in total. The van der Waals surface area contributed by atoms with E-state index in [1.54, 1.807) is 0 Å². The van der Waals surface area contributed by atoms with E-state index >= 15 is 0 Å². The predicted octanol–water partition coefficient (Wildman–Crippen LogP) is 2.77. The van der Waals surface area contributed by atoms with Crippen LogP contribution < -0.4 is 11.3 Å². The minimum atomic E-state index is -0.0106. The predicted molar refractivity (Wildman–Crippen MR) is 117 cm³/mol. The lowest BCUT2D eigenvalue weighted by atomic mass is 9.92. The largest absolute Gasteiger partial charge is 0.394 e. The third kappa shape index (κ3) is 4.22. The molecule has 30 heavy (non-hydrogen) atoms. The van der Waals surface area contributed by atoms with Crippen LogP contribution in [0.15, 0.2) is 41.2 Å². The lowest BCUT2D eigenvalue weighted by Gasteiger charge is -2.30. The number of aliphatic hydroxyl groups is 1. The molecule has 0 spiro atoms. The molecular weight excluding hydrogens is 380 g/mol.